The molecule has 3 rings (SSSR count). The van der Waals surface area contributed by atoms with E-state index in [9.17, 15) is 9.50 Å². The van der Waals surface area contributed by atoms with Gasteiger partial charge in [-0.1, -0.05) is 0 Å². The summed E-state index contributed by atoms with van der Waals surface area (Å²) in [6, 6.07) is 6.07. The van der Waals surface area contributed by atoms with Crippen LogP contribution >= 0.6 is 15.9 Å². The van der Waals surface area contributed by atoms with Crippen LogP contribution in [-0.4, -0.2) is 10.1 Å². The molecule has 2 heterocycles. The molecule has 1 aliphatic rings. The summed E-state index contributed by atoms with van der Waals surface area (Å²) in [5, 5.41) is 10.1. The molecule has 2 aromatic rings. The van der Waals surface area contributed by atoms with E-state index >= 15 is 0 Å². The minimum atomic E-state index is -0.659. The van der Waals surface area contributed by atoms with Crippen LogP contribution in [0.1, 0.15) is 29.8 Å². The largest absolute Gasteiger partial charge is 0.485 e. The van der Waals surface area contributed by atoms with E-state index in [-0.39, 0.29) is 11.9 Å². The molecule has 19 heavy (non-hydrogen) atoms. The van der Waals surface area contributed by atoms with Gasteiger partial charge in [-0.05, 0) is 34.1 Å². The van der Waals surface area contributed by atoms with Crippen molar-refractivity contribution >= 4 is 15.9 Å². The van der Waals surface area contributed by atoms with Crippen LogP contribution in [0.15, 0.2) is 41.1 Å². The number of halogens is 2. The van der Waals surface area contributed by atoms with Gasteiger partial charge in [0.1, 0.15) is 17.7 Å². The SMILES string of the molecule is OC1CC(c2cncc(Br)c2)Oc2cc(F)ccc21. The lowest BCUT2D eigenvalue weighted by Gasteiger charge is -2.29. The van der Waals surface area contributed by atoms with E-state index in [0.717, 1.165) is 10.0 Å². The van der Waals surface area contributed by atoms with Gasteiger partial charge in [-0.15, -0.1) is 0 Å². The van der Waals surface area contributed by atoms with Crippen molar-refractivity contribution in [3.8, 4) is 5.75 Å². The molecule has 3 nitrogen and oxygen atoms in total. The van der Waals surface area contributed by atoms with Crippen LogP contribution in [-0.2, 0) is 0 Å². The Hall–Kier alpha value is -1.46. The number of aliphatic hydroxyl groups is 1. The first-order valence-corrected chi connectivity index (χ1v) is 6.67. The fourth-order valence-corrected chi connectivity index (χ4v) is 2.61. The van der Waals surface area contributed by atoms with Crippen LogP contribution in [0.25, 0.3) is 0 Å². The number of hydrogen-bond acceptors (Lipinski definition) is 3. The molecule has 0 spiro atoms. The Morgan fingerprint density at radius 1 is 1.32 bits per heavy atom. The minimum Gasteiger partial charge on any atom is -0.485 e. The van der Waals surface area contributed by atoms with Gasteiger partial charge < -0.3 is 9.84 Å². The van der Waals surface area contributed by atoms with Gasteiger partial charge in [0.25, 0.3) is 0 Å². The molecule has 5 heteroatoms. The van der Waals surface area contributed by atoms with E-state index in [4.69, 9.17) is 4.74 Å². The van der Waals surface area contributed by atoms with Crippen molar-refractivity contribution in [1.29, 1.82) is 0 Å². The maximum absolute atomic E-state index is 13.2. The molecule has 0 saturated heterocycles. The lowest BCUT2D eigenvalue weighted by Crippen LogP contribution is -2.19. The third-order valence-electron chi connectivity index (χ3n) is 3.14. The summed E-state index contributed by atoms with van der Waals surface area (Å²) < 4.78 is 19.8. The standard InChI is InChI=1S/C14H11BrFNO2/c15-9-3-8(6-17-7-9)13-5-12(18)11-2-1-10(16)4-14(11)19-13/h1-4,6-7,12-13,18H,5H2. The van der Waals surface area contributed by atoms with Gasteiger partial charge in [-0.3, -0.25) is 4.98 Å². The van der Waals surface area contributed by atoms with Gasteiger partial charge in [0.15, 0.2) is 0 Å². The number of hydrogen-bond donors (Lipinski definition) is 1. The number of benzene rings is 1. The molecule has 0 radical (unpaired) electrons. The Morgan fingerprint density at radius 3 is 2.95 bits per heavy atom. The summed E-state index contributed by atoms with van der Waals surface area (Å²) in [6.07, 6.45) is 2.81. The number of rotatable bonds is 1. The first kappa shape index (κ1) is 12.6. The van der Waals surface area contributed by atoms with Crippen LogP contribution in [0.3, 0.4) is 0 Å². The number of nitrogens with zero attached hydrogens (tertiary/aromatic N) is 1. The quantitative estimate of drug-likeness (QED) is 0.872. The van der Waals surface area contributed by atoms with Crippen molar-refractivity contribution in [2.45, 2.75) is 18.6 Å². The summed E-state index contributed by atoms with van der Waals surface area (Å²) >= 11 is 3.35. The fourth-order valence-electron chi connectivity index (χ4n) is 2.23. The zero-order valence-corrected chi connectivity index (χ0v) is 11.5. The zero-order chi connectivity index (χ0) is 13.4. The van der Waals surface area contributed by atoms with Crippen molar-refractivity contribution in [1.82, 2.24) is 4.98 Å². The van der Waals surface area contributed by atoms with E-state index < -0.39 is 6.10 Å². The number of aromatic nitrogens is 1. The maximum atomic E-state index is 13.2. The van der Waals surface area contributed by atoms with Gasteiger partial charge in [0, 0.05) is 40.5 Å². The van der Waals surface area contributed by atoms with E-state index in [1.165, 1.54) is 12.1 Å². The maximum Gasteiger partial charge on any atom is 0.128 e. The first-order chi connectivity index (χ1) is 9.13. The van der Waals surface area contributed by atoms with Gasteiger partial charge in [0.05, 0.1) is 6.10 Å². The summed E-state index contributed by atoms with van der Waals surface area (Å²) in [6.45, 7) is 0. The normalized spacial score (nSPS) is 21.6. The molecule has 98 valence electrons. The van der Waals surface area contributed by atoms with Crippen LogP contribution in [0.2, 0.25) is 0 Å². The molecule has 1 N–H and O–H groups in total. The summed E-state index contributed by atoms with van der Waals surface area (Å²) in [5.41, 5.74) is 1.48. The molecule has 0 amide bonds. The van der Waals surface area contributed by atoms with Crippen molar-refractivity contribution < 1.29 is 14.2 Å². The summed E-state index contributed by atoms with van der Waals surface area (Å²) in [5.74, 6) is 0.0164. The minimum absolute atomic E-state index is 0.325. The predicted molar refractivity (Wildman–Crippen MR) is 71.3 cm³/mol. The lowest BCUT2D eigenvalue weighted by atomic mass is 9.96. The van der Waals surface area contributed by atoms with Crippen molar-refractivity contribution in [2.75, 3.05) is 0 Å². The zero-order valence-electron chi connectivity index (χ0n) is 9.88. The number of pyridine rings is 1. The van der Waals surface area contributed by atoms with Gasteiger partial charge >= 0.3 is 0 Å². The highest BCUT2D eigenvalue weighted by Gasteiger charge is 2.28. The number of fused-ring (bicyclic) bond motifs is 1. The van der Waals surface area contributed by atoms with E-state index in [1.54, 1.807) is 18.5 Å². The molecular weight excluding hydrogens is 313 g/mol. The van der Waals surface area contributed by atoms with E-state index in [2.05, 4.69) is 20.9 Å². The highest BCUT2D eigenvalue weighted by molar-refractivity contribution is 9.10. The molecule has 1 aromatic heterocycles. The average molecular weight is 324 g/mol. The molecular formula is C14H11BrFNO2. The highest BCUT2D eigenvalue weighted by Crippen LogP contribution is 2.41. The Balaban J connectivity index is 1.96. The Labute approximate surface area is 118 Å². The highest BCUT2D eigenvalue weighted by atomic mass is 79.9. The van der Waals surface area contributed by atoms with Gasteiger partial charge in [0.2, 0.25) is 0 Å². The molecule has 0 aliphatic carbocycles. The van der Waals surface area contributed by atoms with Gasteiger partial charge in [-0.2, -0.15) is 0 Å². The lowest BCUT2D eigenvalue weighted by molar-refractivity contribution is 0.0652. The molecule has 1 aliphatic heterocycles. The third-order valence-corrected chi connectivity index (χ3v) is 3.57. The number of aliphatic hydroxyl groups excluding tert-OH is 1. The topological polar surface area (TPSA) is 42.4 Å². The molecule has 0 fully saturated rings. The second kappa shape index (κ2) is 4.90. The fraction of sp³-hybridized carbons (Fsp3) is 0.214. The smallest absolute Gasteiger partial charge is 0.128 e. The monoisotopic (exact) mass is 323 g/mol. The summed E-state index contributed by atoms with van der Waals surface area (Å²) in [7, 11) is 0. The van der Waals surface area contributed by atoms with Crippen LogP contribution in [0.4, 0.5) is 4.39 Å². The van der Waals surface area contributed by atoms with Crippen molar-refractivity contribution in [3.63, 3.8) is 0 Å². The van der Waals surface area contributed by atoms with Crippen LogP contribution in [0, 0.1) is 5.82 Å². The number of ether oxygens (including phenoxy) is 1. The van der Waals surface area contributed by atoms with Crippen molar-refractivity contribution in [3.05, 3.63) is 58.1 Å². The molecule has 2 atom stereocenters. The summed E-state index contributed by atoms with van der Waals surface area (Å²) in [4.78, 5) is 4.08. The first-order valence-electron chi connectivity index (χ1n) is 5.88. The molecule has 2 unspecified atom stereocenters. The average Bonchev–Trinajstić information content (AvgIpc) is 2.38. The second-order valence-corrected chi connectivity index (χ2v) is 5.39. The molecule has 0 bridgehead atoms. The van der Waals surface area contributed by atoms with E-state index in [0.29, 0.717) is 17.7 Å². The Morgan fingerprint density at radius 2 is 2.16 bits per heavy atom. The molecule has 1 aromatic carbocycles. The molecule has 0 saturated carbocycles. The van der Waals surface area contributed by atoms with E-state index in [1.807, 2.05) is 6.07 Å². The predicted octanol–water partition coefficient (Wildman–Crippen LogP) is 3.54. The Kier molecular flexibility index (Phi) is 3.24. The second-order valence-electron chi connectivity index (χ2n) is 4.48. The Bertz CT molecular complexity index is 620. The third kappa shape index (κ3) is 2.48. The van der Waals surface area contributed by atoms with Crippen LogP contribution in [0.5, 0.6) is 5.75 Å². The van der Waals surface area contributed by atoms with Gasteiger partial charge in [-0.25, -0.2) is 4.39 Å². The van der Waals surface area contributed by atoms with Crippen molar-refractivity contribution in [2.24, 2.45) is 0 Å². The van der Waals surface area contributed by atoms with Crippen LogP contribution < -0.4 is 4.74 Å².